The Morgan fingerprint density at radius 3 is 2.20 bits per heavy atom. The Kier molecular flexibility index (Phi) is 15.4. The third-order valence-corrected chi connectivity index (χ3v) is 17.2. The lowest BCUT2D eigenvalue weighted by Gasteiger charge is -2.43. The van der Waals surface area contributed by atoms with Crippen LogP contribution in [-0.4, -0.2) is 61.7 Å². The summed E-state index contributed by atoms with van der Waals surface area (Å²) in [6, 6.07) is 11.5. The van der Waals surface area contributed by atoms with Crippen LogP contribution in [0, 0.1) is 0 Å². The van der Waals surface area contributed by atoms with Crippen LogP contribution in [-0.2, 0) is 25.2 Å². The molecule has 5 nitrogen and oxygen atoms in total. The van der Waals surface area contributed by atoms with E-state index < -0.39 is 14.1 Å². The van der Waals surface area contributed by atoms with Crippen molar-refractivity contribution in [2.24, 2.45) is 0 Å². The molecule has 3 atom stereocenters. The first-order chi connectivity index (χ1) is 21.0. The van der Waals surface area contributed by atoms with E-state index in [0.29, 0.717) is 13.2 Å². The summed E-state index contributed by atoms with van der Waals surface area (Å²) in [5.41, 5.74) is 3.70. The van der Waals surface area contributed by atoms with Gasteiger partial charge in [-0.2, -0.15) is 0 Å². The number of thioether (sulfide) groups is 2. The van der Waals surface area contributed by atoms with Gasteiger partial charge in [0.15, 0.2) is 14.1 Å². The Morgan fingerprint density at radius 1 is 0.977 bits per heavy atom. The smallest absolute Gasteiger partial charge is 0.192 e. The molecule has 0 aliphatic carbocycles. The molecule has 0 amide bonds. The number of ether oxygens (including phenoxy) is 4. The SMILES string of the molecule is C=C(CC)C[C@H](CC1(CC(=C)C[C@@H]2C[C@H](COCc3ccc(OC)cc3)OC(C)(C)O2)SCCCS1)O[Si](CC)(CC)CC. The lowest BCUT2D eigenvalue weighted by molar-refractivity contribution is -0.305. The molecule has 0 saturated carbocycles. The highest BCUT2D eigenvalue weighted by molar-refractivity contribution is 8.18. The summed E-state index contributed by atoms with van der Waals surface area (Å²) in [5, 5.41) is 0. The van der Waals surface area contributed by atoms with Crippen molar-refractivity contribution in [2.75, 3.05) is 25.2 Å². The fourth-order valence-corrected chi connectivity index (χ4v) is 12.9. The Labute approximate surface area is 278 Å². The van der Waals surface area contributed by atoms with E-state index in [4.69, 9.17) is 23.4 Å². The summed E-state index contributed by atoms with van der Waals surface area (Å²) in [7, 11) is -0.0651. The number of hydrogen-bond donors (Lipinski definition) is 0. The van der Waals surface area contributed by atoms with Gasteiger partial charge in [0, 0.05) is 6.42 Å². The van der Waals surface area contributed by atoms with Crippen molar-refractivity contribution in [3.63, 3.8) is 0 Å². The lowest BCUT2D eigenvalue weighted by Crippen LogP contribution is -2.46. The largest absolute Gasteiger partial charge is 0.497 e. The molecule has 250 valence electrons. The minimum atomic E-state index is -1.75. The van der Waals surface area contributed by atoms with E-state index >= 15 is 0 Å². The molecule has 1 aromatic carbocycles. The van der Waals surface area contributed by atoms with E-state index in [1.807, 2.05) is 38.1 Å². The maximum Gasteiger partial charge on any atom is 0.192 e. The molecule has 44 heavy (non-hydrogen) atoms. The zero-order chi connectivity index (χ0) is 32.2. The molecule has 0 N–H and O–H groups in total. The monoisotopic (exact) mass is 664 g/mol. The van der Waals surface area contributed by atoms with Gasteiger partial charge in [-0.15, -0.1) is 23.5 Å². The van der Waals surface area contributed by atoms with Gasteiger partial charge in [-0.3, -0.25) is 0 Å². The van der Waals surface area contributed by atoms with Gasteiger partial charge in [0.2, 0.25) is 0 Å². The van der Waals surface area contributed by atoms with Gasteiger partial charge in [-0.1, -0.05) is 64.1 Å². The molecule has 0 bridgehead atoms. The molecule has 2 heterocycles. The Morgan fingerprint density at radius 2 is 1.61 bits per heavy atom. The van der Waals surface area contributed by atoms with Gasteiger partial charge in [0.25, 0.3) is 0 Å². The van der Waals surface area contributed by atoms with Crippen molar-refractivity contribution in [1.29, 1.82) is 0 Å². The van der Waals surface area contributed by atoms with E-state index in [1.165, 1.54) is 47.2 Å². The van der Waals surface area contributed by atoms with Crippen LogP contribution in [0.2, 0.25) is 18.1 Å². The van der Waals surface area contributed by atoms with Crippen molar-refractivity contribution < 1.29 is 23.4 Å². The maximum atomic E-state index is 7.20. The Balaban J connectivity index is 1.64. The molecule has 0 aromatic heterocycles. The predicted molar refractivity (Wildman–Crippen MR) is 192 cm³/mol. The zero-order valence-corrected chi connectivity index (χ0v) is 31.3. The van der Waals surface area contributed by atoms with Crippen LogP contribution in [0.25, 0.3) is 0 Å². The van der Waals surface area contributed by atoms with Crippen LogP contribution in [0.15, 0.2) is 48.6 Å². The minimum absolute atomic E-state index is 0.0183. The first kappa shape index (κ1) is 37.7. The van der Waals surface area contributed by atoms with Crippen molar-refractivity contribution >= 4 is 31.8 Å². The van der Waals surface area contributed by atoms with E-state index in [9.17, 15) is 0 Å². The second kappa shape index (κ2) is 18.0. The Hall–Kier alpha value is -0.743. The van der Waals surface area contributed by atoms with E-state index in [0.717, 1.165) is 49.8 Å². The number of hydrogen-bond acceptors (Lipinski definition) is 7. The third kappa shape index (κ3) is 11.8. The first-order valence-electron chi connectivity index (χ1n) is 16.8. The summed E-state index contributed by atoms with van der Waals surface area (Å²) >= 11 is 4.28. The zero-order valence-electron chi connectivity index (χ0n) is 28.7. The van der Waals surface area contributed by atoms with Crippen LogP contribution in [0.3, 0.4) is 0 Å². The highest BCUT2D eigenvalue weighted by atomic mass is 32.2. The first-order valence-corrected chi connectivity index (χ1v) is 21.3. The van der Waals surface area contributed by atoms with Crippen LogP contribution >= 0.6 is 23.5 Å². The summed E-state index contributed by atoms with van der Waals surface area (Å²) in [5.74, 6) is 2.60. The third-order valence-electron chi connectivity index (χ3n) is 9.12. The van der Waals surface area contributed by atoms with Gasteiger partial charge in [0.05, 0.1) is 42.7 Å². The number of rotatable bonds is 19. The Bertz CT molecular complexity index is 1010. The normalized spacial score (nSPS) is 22.3. The van der Waals surface area contributed by atoms with Gasteiger partial charge in [-0.05, 0) is 99.7 Å². The number of benzene rings is 1. The van der Waals surface area contributed by atoms with Crippen LogP contribution in [0.1, 0.15) is 92.1 Å². The topological polar surface area (TPSA) is 46.2 Å². The summed E-state index contributed by atoms with van der Waals surface area (Å²) in [4.78, 5) is 0. The molecule has 0 unspecified atom stereocenters. The van der Waals surface area contributed by atoms with Gasteiger partial charge >= 0.3 is 0 Å². The van der Waals surface area contributed by atoms with Crippen LogP contribution < -0.4 is 4.74 Å². The van der Waals surface area contributed by atoms with Gasteiger partial charge in [0.1, 0.15) is 5.75 Å². The van der Waals surface area contributed by atoms with E-state index in [1.54, 1.807) is 7.11 Å². The standard InChI is InChI=1S/C36H60O5S2Si/c1-10-28(5)21-33(41-44(11-2,12-3)13-4)25-36(42-19-14-20-43-36)24-29(6)22-32-23-34(40-35(7,8)39-32)27-38-26-30-15-17-31(37-9)18-16-30/h15-18,32-34H,5-6,10-14,19-27H2,1-4,7-9H3/t32-,33-,34-/m1/s1. The molecule has 2 aliphatic heterocycles. The average Bonchev–Trinajstić information content (AvgIpc) is 2.99. The molecule has 2 aliphatic rings. The van der Waals surface area contributed by atoms with E-state index in [-0.39, 0.29) is 22.4 Å². The molecule has 2 fully saturated rings. The number of methoxy groups -OCH3 is 1. The molecule has 1 aromatic rings. The molecule has 0 spiro atoms. The molecule has 0 radical (unpaired) electrons. The van der Waals surface area contributed by atoms with Crippen molar-refractivity contribution in [2.45, 2.75) is 139 Å². The van der Waals surface area contributed by atoms with Crippen LogP contribution in [0.4, 0.5) is 0 Å². The summed E-state index contributed by atoms with van der Waals surface area (Å²) in [6.07, 6.45) is 7.20. The fraction of sp³-hybridized carbons (Fsp3) is 0.722. The van der Waals surface area contributed by atoms with Crippen molar-refractivity contribution in [1.82, 2.24) is 0 Å². The molecule has 8 heteroatoms. The van der Waals surface area contributed by atoms with Crippen LogP contribution in [0.5, 0.6) is 5.75 Å². The van der Waals surface area contributed by atoms with Gasteiger partial charge in [-0.25, -0.2) is 0 Å². The average molecular weight is 665 g/mol. The molecular weight excluding hydrogens is 605 g/mol. The highest BCUT2D eigenvalue weighted by Crippen LogP contribution is 2.51. The second-order valence-corrected chi connectivity index (χ2v) is 21.0. The summed E-state index contributed by atoms with van der Waals surface area (Å²) in [6.45, 7) is 23.4. The summed E-state index contributed by atoms with van der Waals surface area (Å²) < 4.78 is 31.4. The second-order valence-electron chi connectivity index (χ2n) is 13.1. The predicted octanol–water partition coefficient (Wildman–Crippen LogP) is 10.2. The quantitative estimate of drug-likeness (QED) is 0.108. The molecule has 3 rings (SSSR count). The molecule has 2 saturated heterocycles. The van der Waals surface area contributed by atoms with Crippen molar-refractivity contribution in [3.05, 3.63) is 54.1 Å². The highest BCUT2D eigenvalue weighted by Gasteiger charge is 2.41. The minimum Gasteiger partial charge on any atom is -0.497 e. The fourth-order valence-electron chi connectivity index (χ4n) is 6.48. The molecular formula is C36H60O5S2Si. The van der Waals surface area contributed by atoms with E-state index in [2.05, 4.69) is 64.4 Å². The van der Waals surface area contributed by atoms with Crippen molar-refractivity contribution in [3.8, 4) is 5.75 Å². The lowest BCUT2D eigenvalue weighted by atomic mass is 9.96. The maximum absolute atomic E-state index is 7.20. The van der Waals surface area contributed by atoms with Gasteiger partial charge < -0.3 is 23.4 Å².